The van der Waals surface area contributed by atoms with Crippen molar-refractivity contribution in [1.82, 2.24) is 0 Å². The van der Waals surface area contributed by atoms with Crippen molar-refractivity contribution in [3.05, 3.63) is 17.9 Å². The first kappa shape index (κ1) is 14.9. The Bertz CT molecular complexity index is 461. The summed E-state index contributed by atoms with van der Waals surface area (Å²) in [5, 5.41) is 9.32. The number of nitrogen functional groups attached to an aromatic ring is 1. The molecule has 0 bridgehead atoms. The van der Waals surface area contributed by atoms with E-state index in [2.05, 4.69) is 0 Å². The first-order valence-electron chi connectivity index (χ1n) is 7.12. The van der Waals surface area contributed by atoms with Crippen LogP contribution in [-0.4, -0.2) is 31.4 Å². The van der Waals surface area contributed by atoms with Gasteiger partial charge in [0.1, 0.15) is 0 Å². The van der Waals surface area contributed by atoms with Gasteiger partial charge < -0.3 is 20.5 Å². The predicted octanol–water partition coefficient (Wildman–Crippen LogP) is 2.40. The van der Waals surface area contributed by atoms with Crippen LogP contribution in [0.3, 0.4) is 0 Å². The van der Waals surface area contributed by atoms with E-state index in [9.17, 15) is 9.50 Å². The Labute approximate surface area is 119 Å². The van der Waals surface area contributed by atoms with Gasteiger partial charge in [-0.25, -0.2) is 4.39 Å². The summed E-state index contributed by atoms with van der Waals surface area (Å²) in [6, 6.07) is 2.97. The second kappa shape index (κ2) is 6.31. The molecule has 1 aliphatic rings. The maximum Gasteiger partial charge on any atom is 0.167 e. The number of rotatable bonds is 6. The van der Waals surface area contributed by atoms with Gasteiger partial charge in [-0.3, -0.25) is 0 Å². The molecule has 5 heteroatoms. The van der Waals surface area contributed by atoms with Crippen molar-refractivity contribution in [3.8, 4) is 5.75 Å². The van der Waals surface area contributed by atoms with Gasteiger partial charge in [0.2, 0.25) is 0 Å². The Hall–Kier alpha value is -1.49. The summed E-state index contributed by atoms with van der Waals surface area (Å²) in [5.41, 5.74) is 7.08. The molecule has 1 fully saturated rings. The fraction of sp³-hybridized carbons (Fsp3) is 0.600. The van der Waals surface area contributed by atoms with E-state index in [0.29, 0.717) is 18.2 Å². The monoisotopic (exact) mass is 282 g/mol. The van der Waals surface area contributed by atoms with E-state index in [0.717, 1.165) is 31.5 Å². The minimum absolute atomic E-state index is 0.164. The molecule has 2 rings (SSSR count). The Balaban J connectivity index is 2.08. The van der Waals surface area contributed by atoms with E-state index in [1.807, 2.05) is 18.9 Å². The van der Waals surface area contributed by atoms with Crippen molar-refractivity contribution in [2.45, 2.75) is 32.3 Å². The molecule has 0 unspecified atom stereocenters. The highest BCUT2D eigenvalue weighted by molar-refractivity contribution is 5.69. The number of hydrogen-bond donors (Lipinski definition) is 2. The summed E-state index contributed by atoms with van der Waals surface area (Å²) in [7, 11) is 1.93. The molecule has 0 saturated heterocycles. The van der Waals surface area contributed by atoms with Crippen LogP contribution < -0.4 is 15.4 Å². The van der Waals surface area contributed by atoms with Crippen LogP contribution >= 0.6 is 0 Å². The Morgan fingerprint density at radius 3 is 2.75 bits per heavy atom. The second-order valence-corrected chi connectivity index (χ2v) is 5.56. The van der Waals surface area contributed by atoms with Crippen molar-refractivity contribution >= 4 is 11.4 Å². The summed E-state index contributed by atoms with van der Waals surface area (Å²) in [5.74, 6) is 0.295. The highest BCUT2D eigenvalue weighted by atomic mass is 19.1. The molecule has 0 amide bonds. The molecule has 0 spiro atoms. The van der Waals surface area contributed by atoms with Gasteiger partial charge in [-0.05, 0) is 25.2 Å². The molecular formula is C15H23FN2O2. The van der Waals surface area contributed by atoms with Crippen LogP contribution in [0.25, 0.3) is 0 Å². The van der Waals surface area contributed by atoms with Gasteiger partial charge in [0.25, 0.3) is 0 Å². The topological polar surface area (TPSA) is 58.7 Å². The quantitative estimate of drug-likeness (QED) is 0.787. The number of ether oxygens (including phenoxy) is 1. The molecule has 20 heavy (non-hydrogen) atoms. The first-order valence-corrected chi connectivity index (χ1v) is 7.12. The van der Waals surface area contributed by atoms with Crippen molar-refractivity contribution < 1.29 is 14.2 Å². The third kappa shape index (κ3) is 3.33. The van der Waals surface area contributed by atoms with Gasteiger partial charge >= 0.3 is 0 Å². The molecule has 0 aliphatic heterocycles. The first-order chi connectivity index (χ1) is 9.51. The number of nitrogens with zero attached hydrogens (tertiary/aromatic N) is 1. The lowest BCUT2D eigenvalue weighted by molar-refractivity contribution is 0.0465. The maximum absolute atomic E-state index is 13.8. The van der Waals surface area contributed by atoms with E-state index in [1.165, 1.54) is 6.07 Å². The van der Waals surface area contributed by atoms with E-state index in [1.54, 1.807) is 6.07 Å². The van der Waals surface area contributed by atoms with Gasteiger partial charge in [-0.2, -0.15) is 0 Å². The largest absolute Gasteiger partial charge is 0.490 e. The van der Waals surface area contributed by atoms with Crippen LogP contribution in [0.1, 0.15) is 26.2 Å². The third-order valence-corrected chi connectivity index (χ3v) is 3.70. The standard InChI is InChI=1S/C15H23FN2O2/c1-3-4-20-15-8-14(13(17)7-12(15)16)18(2)9-10-5-11(19)6-10/h7-8,10-11,19H,3-6,9,17H2,1-2H3. The van der Waals surface area contributed by atoms with Crippen molar-refractivity contribution in [3.63, 3.8) is 0 Å². The zero-order valence-electron chi connectivity index (χ0n) is 12.1. The zero-order chi connectivity index (χ0) is 14.7. The molecule has 3 N–H and O–H groups in total. The third-order valence-electron chi connectivity index (χ3n) is 3.70. The molecule has 1 aromatic rings. The van der Waals surface area contributed by atoms with Gasteiger partial charge in [0.15, 0.2) is 11.6 Å². The number of benzene rings is 1. The average molecular weight is 282 g/mol. The zero-order valence-corrected chi connectivity index (χ0v) is 12.1. The van der Waals surface area contributed by atoms with Crippen molar-refractivity contribution in [1.29, 1.82) is 0 Å². The molecule has 1 saturated carbocycles. The van der Waals surface area contributed by atoms with Gasteiger partial charge in [-0.15, -0.1) is 0 Å². The number of hydrogen-bond acceptors (Lipinski definition) is 4. The molecule has 4 nitrogen and oxygen atoms in total. The number of aliphatic hydroxyl groups excluding tert-OH is 1. The minimum atomic E-state index is -0.424. The van der Waals surface area contributed by atoms with E-state index >= 15 is 0 Å². The fourth-order valence-electron chi connectivity index (χ4n) is 2.55. The Morgan fingerprint density at radius 2 is 2.15 bits per heavy atom. The summed E-state index contributed by atoms with van der Waals surface area (Å²) in [6.45, 7) is 3.27. The van der Waals surface area contributed by atoms with E-state index < -0.39 is 5.82 Å². The Morgan fingerprint density at radius 1 is 1.45 bits per heavy atom. The fourth-order valence-corrected chi connectivity index (χ4v) is 2.55. The van der Waals surface area contributed by atoms with Gasteiger partial charge in [0, 0.05) is 25.7 Å². The van der Waals surface area contributed by atoms with Gasteiger partial charge in [0.05, 0.1) is 24.1 Å². The number of halogens is 1. The van der Waals surface area contributed by atoms with Crippen LogP contribution in [0.4, 0.5) is 15.8 Å². The number of nitrogens with two attached hydrogens (primary N) is 1. The molecule has 0 radical (unpaired) electrons. The van der Waals surface area contributed by atoms with Crippen LogP contribution in [0.15, 0.2) is 12.1 Å². The van der Waals surface area contributed by atoms with Crippen LogP contribution in [0, 0.1) is 11.7 Å². The van der Waals surface area contributed by atoms with Crippen LogP contribution in [-0.2, 0) is 0 Å². The van der Waals surface area contributed by atoms with E-state index in [-0.39, 0.29) is 11.9 Å². The molecule has 112 valence electrons. The van der Waals surface area contributed by atoms with Crippen LogP contribution in [0.5, 0.6) is 5.75 Å². The summed E-state index contributed by atoms with van der Waals surface area (Å²) >= 11 is 0. The second-order valence-electron chi connectivity index (χ2n) is 5.56. The lowest BCUT2D eigenvalue weighted by Crippen LogP contribution is -2.37. The molecule has 1 aliphatic carbocycles. The molecule has 1 aromatic carbocycles. The van der Waals surface area contributed by atoms with Crippen LogP contribution in [0.2, 0.25) is 0 Å². The Kier molecular flexibility index (Phi) is 4.70. The smallest absolute Gasteiger partial charge is 0.167 e. The average Bonchev–Trinajstić information content (AvgIpc) is 2.35. The summed E-state index contributed by atoms with van der Waals surface area (Å²) in [4.78, 5) is 2.00. The van der Waals surface area contributed by atoms with Crippen molar-refractivity contribution in [2.75, 3.05) is 30.8 Å². The molecule has 0 atom stereocenters. The molecule has 0 heterocycles. The minimum Gasteiger partial charge on any atom is -0.490 e. The highest BCUT2D eigenvalue weighted by Gasteiger charge is 2.28. The van der Waals surface area contributed by atoms with Gasteiger partial charge in [-0.1, -0.05) is 6.92 Å². The predicted molar refractivity (Wildman–Crippen MR) is 78.6 cm³/mol. The van der Waals surface area contributed by atoms with E-state index in [4.69, 9.17) is 10.5 Å². The summed E-state index contributed by atoms with van der Waals surface area (Å²) < 4.78 is 19.1. The molecular weight excluding hydrogens is 259 g/mol. The normalized spacial score (nSPS) is 21.4. The molecule has 0 aromatic heterocycles. The summed E-state index contributed by atoms with van der Waals surface area (Å²) in [6.07, 6.45) is 2.31. The lowest BCUT2D eigenvalue weighted by atomic mass is 9.82. The number of anilines is 2. The van der Waals surface area contributed by atoms with Crippen molar-refractivity contribution in [2.24, 2.45) is 5.92 Å². The highest BCUT2D eigenvalue weighted by Crippen LogP contribution is 2.34. The lowest BCUT2D eigenvalue weighted by Gasteiger charge is -2.35. The SMILES string of the molecule is CCCOc1cc(N(C)CC2CC(O)C2)c(N)cc1F. The maximum atomic E-state index is 13.8. The number of aliphatic hydroxyl groups is 1.